The molecule has 3 rings (SSSR count). The molecule has 2 aromatic carbocycles. The maximum Gasteiger partial charge on any atom is 0.313 e. The molecular weight excluding hydrogens is 321 g/mol. The average Bonchev–Trinajstić information content (AvgIpc) is 2.60. The van der Waals surface area contributed by atoms with Crippen LogP contribution < -0.4 is 10.6 Å². The fraction of sp³-hybridized carbons (Fsp3) is 0.105. The van der Waals surface area contributed by atoms with E-state index in [9.17, 15) is 14.0 Å². The highest BCUT2D eigenvalue weighted by Gasteiger charge is 2.15. The molecule has 25 heavy (non-hydrogen) atoms. The molecule has 0 aliphatic carbocycles. The average molecular weight is 337 g/mol. The number of benzene rings is 2. The molecule has 0 bridgehead atoms. The second-order valence-corrected chi connectivity index (χ2v) is 5.59. The molecule has 0 saturated carbocycles. The molecule has 0 radical (unpaired) electrons. The first-order valence-electron chi connectivity index (χ1n) is 7.73. The van der Waals surface area contributed by atoms with E-state index in [0.717, 1.165) is 16.6 Å². The summed E-state index contributed by atoms with van der Waals surface area (Å²) in [5, 5.41) is 5.89. The third-order valence-electron chi connectivity index (χ3n) is 3.67. The molecule has 0 unspecified atom stereocenters. The molecule has 1 aromatic heterocycles. The van der Waals surface area contributed by atoms with Gasteiger partial charge in [-0.15, -0.1) is 0 Å². The normalized spacial score (nSPS) is 10.5. The minimum Gasteiger partial charge on any atom is -0.344 e. The van der Waals surface area contributed by atoms with Crippen LogP contribution in [0.25, 0.3) is 10.9 Å². The summed E-state index contributed by atoms with van der Waals surface area (Å²) in [6.07, 6.45) is 0. The first-order valence-corrected chi connectivity index (χ1v) is 7.73. The monoisotopic (exact) mass is 337 g/mol. The summed E-state index contributed by atoms with van der Waals surface area (Å²) in [4.78, 5) is 28.5. The lowest BCUT2D eigenvalue weighted by atomic mass is 10.1. The van der Waals surface area contributed by atoms with Gasteiger partial charge in [0.2, 0.25) is 0 Å². The molecule has 2 N–H and O–H groups in total. The van der Waals surface area contributed by atoms with Crippen LogP contribution in [0.15, 0.2) is 54.6 Å². The van der Waals surface area contributed by atoms with Crippen LogP contribution in [0.2, 0.25) is 0 Å². The van der Waals surface area contributed by atoms with Crippen molar-refractivity contribution >= 4 is 28.4 Å². The zero-order valence-electron chi connectivity index (χ0n) is 13.5. The van der Waals surface area contributed by atoms with Crippen LogP contribution in [-0.2, 0) is 16.1 Å². The molecule has 0 saturated heterocycles. The van der Waals surface area contributed by atoms with Crippen molar-refractivity contribution in [2.45, 2.75) is 13.5 Å². The van der Waals surface area contributed by atoms with Crippen molar-refractivity contribution < 1.29 is 14.0 Å². The number of aryl methyl sites for hydroxylation is 1. The largest absolute Gasteiger partial charge is 0.344 e. The van der Waals surface area contributed by atoms with E-state index in [1.165, 1.54) is 12.1 Å². The van der Waals surface area contributed by atoms with Crippen LogP contribution in [0.3, 0.4) is 0 Å². The minimum atomic E-state index is -0.766. The number of nitrogens with zero attached hydrogens (tertiary/aromatic N) is 1. The molecule has 5 nitrogen and oxygen atoms in total. The van der Waals surface area contributed by atoms with Gasteiger partial charge in [0.15, 0.2) is 0 Å². The summed E-state index contributed by atoms with van der Waals surface area (Å²) in [7, 11) is 0. The molecule has 0 atom stereocenters. The Balaban J connectivity index is 1.69. The highest BCUT2D eigenvalue weighted by molar-refractivity contribution is 6.40. The number of halogens is 1. The first-order chi connectivity index (χ1) is 12.0. The third-order valence-corrected chi connectivity index (χ3v) is 3.67. The maximum atomic E-state index is 12.9. The number of amides is 2. The Morgan fingerprint density at radius 2 is 1.76 bits per heavy atom. The summed E-state index contributed by atoms with van der Waals surface area (Å²) >= 11 is 0. The smallest absolute Gasteiger partial charge is 0.313 e. The Morgan fingerprint density at radius 1 is 1.04 bits per heavy atom. The highest BCUT2D eigenvalue weighted by atomic mass is 19.1. The Labute approximate surface area is 143 Å². The Kier molecular flexibility index (Phi) is 4.70. The molecule has 0 fully saturated rings. The van der Waals surface area contributed by atoms with E-state index in [1.807, 2.05) is 31.2 Å². The number of hydrogen-bond donors (Lipinski definition) is 2. The molecule has 0 aliphatic heterocycles. The van der Waals surface area contributed by atoms with Crippen molar-refractivity contribution in [3.05, 3.63) is 71.7 Å². The number of carbonyl (C=O) groups is 2. The second-order valence-electron chi connectivity index (χ2n) is 5.59. The van der Waals surface area contributed by atoms with Crippen molar-refractivity contribution in [2.75, 3.05) is 5.32 Å². The van der Waals surface area contributed by atoms with Crippen LogP contribution >= 0.6 is 0 Å². The number of rotatable bonds is 3. The zero-order valence-corrected chi connectivity index (χ0v) is 13.5. The lowest BCUT2D eigenvalue weighted by Gasteiger charge is -2.10. The van der Waals surface area contributed by atoms with Crippen molar-refractivity contribution in [3.8, 4) is 0 Å². The predicted molar refractivity (Wildman–Crippen MR) is 93.4 cm³/mol. The molecule has 0 aliphatic rings. The van der Waals surface area contributed by atoms with Crippen LogP contribution in [-0.4, -0.2) is 16.8 Å². The summed E-state index contributed by atoms with van der Waals surface area (Å²) in [6, 6.07) is 14.8. The summed E-state index contributed by atoms with van der Waals surface area (Å²) in [5.74, 6) is -1.88. The fourth-order valence-corrected chi connectivity index (χ4v) is 2.46. The molecule has 126 valence electrons. The van der Waals surface area contributed by atoms with Crippen molar-refractivity contribution in [1.82, 2.24) is 10.3 Å². The van der Waals surface area contributed by atoms with E-state index >= 15 is 0 Å². The minimum absolute atomic E-state index is 0.142. The van der Waals surface area contributed by atoms with Gasteiger partial charge in [0.05, 0.1) is 11.2 Å². The Hall–Kier alpha value is -3.28. The van der Waals surface area contributed by atoms with Gasteiger partial charge in [-0.1, -0.05) is 30.3 Å². The number of anilines is 1. The van der Waals surface area contributed by atoms with Gasteiger partial charge in [-0.05, 0) is 36.8 Å². The first kappa shape index (κ1) is 16.6. The van der Waals surface area contributed by atoms with Crippen LogP contribution in [0, 0.1) is 12.7 Å². The van der Waals surface area contributed by atoms with Gasteiger partial charge < -0.3 is 10.6 Å². The standard InChI is InChI=1S/C19H16FN3O2/c1-12-10-17(15-4-2-3-5-16(15)22-12)23-19(25)18(24)21-11-13-6-8-14(20)9-7-13/h2-10H,11H2,1H3,(H,21,24)(H,22,23,25). The third kappa shape index (κ3) is 3.98. The number of aromatic nitrogens is 1. The number of hydrogen-bond acceptors (Lipinski definition) is 3. The van der Waals surface area contributed by atoms with Gasteiger partial charge in [-0.3, -0.25) is 14.6 Å². The molecule has 6 heteroatoms. The topological polar surface area (TPSA) is 71.1 Å². The number of carbonyl (C=O) groups excluding carboxylic acids is 2. The Bertz CT molecular complexity index is 939. The van der Waals surface area contributed by atoms with Crippen LogP contribution in [0.5, 0.6) is 0 Å². The summed E-state index contributed by atoms with van der Waals surface area (Å²) in [6.45, 7) is 1.96. The van der Waals surface area contributed by atoms with E-state index < -0.39 is 11.8 Å². The highest BCUT2D eigenvalue weighted by Crippen LogP contribution is 2.22. The second kappa shape index (κ2) is 7.09. The number of pyridine rings is 1. The van der Waals surface area contributed by atoms with Gasteiger partial charge >= 0.3 is 11.8 Å². The summed E-state index contributed by atoms with van der Waals surface area (Å²) in [5.41, 5.74) is 2.71. The molecular formula is C19H16FN3O2. The Morgan fingerprint density at radius 3 is 2.52 bits per heavy atom. The van der Waals surface area contributed by atoms with E-state index in [0.29, 0.717) is 11.3 Å². The van der Waals surface area contributed by atoms with Gasteiger partial charge in [-0.25, -0.2) is 4.39 Å². The van der Waals surface area contributed by atoms with Gasteiger partial charge in [0.25, 0.3) is 0 Å². The molecule has 0 spiro atoms. The molecule has 3 aromatic rings. The predicted octanol–water partition coefficient (Wildman–Crippen LogP) is 2.94. The van der Waals surface area contributed by atoms with Crippen molar-refractivity contribution in [1.29, 1.82) is 0 Å². The van der Waals surface area contributed by atoms with E-state index in [4.69, 9.17) is 0 Å². The SMILES string of the molecule is Cc1cc(NC(=O)C(=O)NCc2ccc(F)cc2)c2ccccc2n1. The van der Waals surface area contributed by atoms with E-state index in [-0.39, 0.29) is 12.4 Å². The van der Waals surface area contributed by atoms with Crippen molar-refractivity contribution in [2.24, 2.45) is 0 Å². The molecule has 1 heterocycles. The van der Waals surface area contributed by atoms with Gasteiger partial charge in [0.1, 0.15) is 5.82 Å². The zero-order chi connectivity index (χ0) is 17.8. The van der Waals surface area contributed by atoms with Gasteiger partial charge in [0, 0.05) is 17.6 Å². The number of para-hydroxylation sites is 1. The summed E-state index contributed by atoms with van der Waals surface area (Å²) < 4.78 is 12.9. The number of fused-ring (bicyclic) bond motifs is 1. The maximum absolute atomic E-state index is 12.9. The lowest BCUT2D eigenvalue weighted by Crippen LogP contribution is -2.35. The number of nitrogens with one attached hydrogen (secondary N) is 2. The van der Waals surface area contributed by atoms with Gasteiger partial charge in [-0.2, -0.15) is 0 Å². The van der Waals surface area contributed by atoms with Crippen LogP contribution in [0.1, 0.15) is 11.3 Å². The fourth-order valence-electron chi connectivity index (χ4n) is 2.46. The van der Waals surface area contributed by atoms with Crippen LogP contribution in [0.4, 0.5) is 10.1 Å². The van der Waals surface area contributed by atoms with Crippen molar-refractivity contribution in [3.63, 3.8) is 0 Å². The van der Waals surface area contributed by atoms with E-state index in [1.54, 1.807) is 18.2 Å². The quantitative estimate of drug-likeness (QED) is 0.722. The van der Waals surface area contributed by atoms with E-state index in [2.05, 4.69) is 15.6 Å². The molecule has 2 amide bonds. The lowest BCUT2D eigenvalue weighted by molar-refractivity contribution is -0.136.